The number of hydrogen-bond donors (Lipinski definition) is 1. The second-order valence-corrected chi connectivity index (χ2v) is 6.41. The maximum Gasteiger partial charge on any atom is 0.0585 e. The largest absolute Gasteiger partial charge is 0.309 e. The molecule has 0 aliphatic rings. The van der Waals surface area contributed by atoms with E-state index in [1.165, 1.54) is 25.8 Å². The number of benzene rings is 2. The van der Waals surface area contributed by atoms with E-state index in [0.717, 1.165) is 5.02 Å². The minimum atomic E-state index is 0.171. The third-order valence-corrected chi connectivity index (χ3v) is 4.35. The molecular formula is C16H17ClIN. The molecule has 0 aliphatic heterocycles. The molecule has 3 heteroatoms. The van der Waals surface area contributed by atoms with Crippen LogP contribution in [-0.4, -0.2) is 7.05 Å². The zero-order valence-corrected chi connectivity index (χ0v) is 14.2. The molecular weight excluding hydrogens is 369 g/mol. The molecule has 0 bridgehead atoms. The highest BCUT2D eigenvalue weighted by Crippen LogP contribution is 2.29. The summed E-state index contributed by atoms with van der Waals surface area (Å²) in [6.45, 7) is 4.26. The zero-order valence-electron chi connectivity index (χ0n) is 11.3. The lowest BCUT2D eigenvalue weighted by Gasteiger charge is -2.20. The topological polar surface area (TPSA) is 12.0 Å². The molecule has 0 saturated carbocycles. The zero-order chi connectivity index (χ0) is 14.0. The molecule has 0 aliphatic carbocycles. The van der Waals surface area contributed by atoms with E-state index in [0.29, 0.717) is 0 Å². The highest BCUT2D eigenvalue weighted by molar-refractivity contribution is 14.1. The molecule has 0 saturated heterocycles. The Kier molecular flexibility index (Phi) is 4.87. The van der Waals surface area contributed by atoms with E-state index < -0.39 is 0 Å². The Bertz CT molecular complexity index is 575. The molecule has 19 heavy (non-hydrogen) atoms. The summed E-state index contributed by atoms with van der Waals surface area (Å²) in [5.74, 6) is 0. The molecule has 100 valence electrons. The van der Waals surface area contributed by atoms with Crippen LogP contribution in [-0.2, 0) is 0 Å². The number of hydrogen-bond acceptors (Lipinski definition) is 1. The van der Waals surface area contributed by atoms with E-state index in [9.17, 15) is 0 Å². The Morgan fingerprint density at radius 3 is 2.26 bits per heavy atom. The van der Waals surface area contributed by atoms with Crippen LogP contribution in [0.25, 0.3) is 0 Å². The molecule has 0 heterocycles. The van der Waals surface area contributed by atoms with Gasteiger partial charge in [0.05, 0.1) is 6.04 Å². The second-order valence-electron chi connectivity index (χ2n) is 4.81. The predicted molar refractivity (Wildman–Crippen MR) is 91.0 cm³/mol. The fourth-order valence-electron chi connectivity index (χ4n) is 2.41. The minimum absolute atomic E-state index is 0.171. The Morgan fingerprint density at radius 2 is 1.68 bits per heavy atom. The van der Waals surface area contributed by atoms with Crippen molar-refractivity contribution < 1.29 is 0 Å². The van der Waals surface area contributed by atoms with Crippen molar-refractivity contribution in [2.75, 3.05) is 7.05 Å². The molecule has 1 unspecified atom stereocenters. The highest BCUT2D eigenvalue weighted by Gasteiger charge is 2.16. The summed E-state index contributed by atoms with van der Waals surface area (Å²) in [4.78, 5) is 0. The van der Waals surface area contributed by atoms with Gasteiger partial charge in [-0.15, -0.1) is 0 Å². The van der Waals surface area contributed by atoms with E-state index in [2.05, 4.69) is 66.0 Å². The Morgan fingerprint density at radius 1 is 1.05 bits per heavy atom. The van der Waals surface area contributed by atoms with Gasteiger partial charge < -0.3 is 5.32 Å². The molecule has 0 aromatic heterocycles. The first-order chi connectivity index (χ1) is 9.01. The summed E-state index contributed by atoms with van der Waals surface area (Å²) in [5, 5.41) is 4.17. The second kappa shape index (κ2) is 6.25. The smallest absolute Gasteiger partial charge is 0.0585 e. The van der Waals surface area contributed by atoms with Gasteiger partial charge in [0, 0.05) is 8.59 Å². The fraction of sp³-hybridized carbons (Fsp3) is 0.250. The molecule has 1 atom stereocenters. The standard InChI is InChI=1S/C16H17ClIN/c1-10-6-11(2)8-12(7-10)16(19-3)14-9-13(17)4-5-15(14)18/h4-9,16,19H,1-3H3. The molecule has 0 spiro atoms. The van der Waals surface area contributed by atoms with E-state index in [1.807, 2.05) is 19.2 Å². The fourth-order valence-corrected chi connectivity index (χ4v) is 3.24. The molecule has 1 nitrogen and oxygen atoms in total. The van der Waals surface area contributed by atoms with Crippen LogP contribution in [0.1, 0.15) is 28.3 Å². The van der Waals surface area contributed by atoms with Gasteiger partial charge in [0.2, 0.25) is 0 Å². The van der Waals surface area contributed by atoms with Crippen LogP contribution in [0.2, 0.25) is 5.02 Å². The van der Waals surface area contributed by atoms with Gasteiger partial charge in [0.1, 0.15) is 0 Å². The van der Waals surface area contributed by atoms with Crippen LogP contribution in [0.4, 0.5) is 0 Å². The van der Waals surface area contributed by atoms with Crippen LogP contribution < -0.4 is 5.32 Å². The van der Waals surface area contributed by atoms with Gasteiger partial charge in [0.25, 0.3) is 0 Å². The van der Waals surface area contributed by atoms with Crippen molar-refractivity contribution in [3.05, 3.63) is 67.2 Å². The van der Waals surface area contributed by atoms with Crippen molar-refractivity contribution in [2.24, 2.45) is 0 Å². The summed E-state index contributed by atoms with van der Waals surface area (Å²) < 4.78 is 1.22. The monoisotopic (exact) mass is 385 g/mol. The molecule has 0 radical (unpaired) electrons. The molecule has 2 rings (SSSR count). The Balaban J connectivity index is 2.52. The van der Waals surface area contributed by atoms with Crippen molar-refractivity contribution >= 4 is 34.2 Å². The molecule has 2 aromatic rings. The van der Waals surface area contributed by atoms with Gasteiger partial charge in [0.15, 0.2) is 0 Å². The number of aryl methyl sites for hydroxylation is 2. The van der Waals surface area contributed by atoms with Crippen molar-refractivity contribution in [3.8, 4) is 0 Å². The average Bonchev–Trinajstić information content (AvgIpc) is 2.33. The molecule has 1 N–H and O–H groups in total. The first-order valence-electron chi connectivity index (χ1n) is 6.21. The lowest BCUT2D eigenvalue weighted by Crippen LogP contribution is -2.19. The highest BCUT2D eigenvalue weighted by atomic mass is 127. The van der Waals surface area contributed by atoms with E-state index >= 15 is 0 Å². The van der Waals surface area contributed by atoms with Gasteiger partial charge in [-0.1, -0.05) is 40.9 Å². The summed E-state index contributed by atoms with van der Waals surface area (Å²) in [6.07, 6.45) is 0. The third-order valence-electron chi connectivity index (χ3n) is 3.14. The van der Waals surface area contributed by atoms with Crippen molar-refractivity contribution in [2.45, 2.75) is 19.9 Å². The van der Waals surface area contributed by atoms with Gasteiger partial charge in [-0.25, -0.2) is 0 Å². The van der Waals surface area contributed by atoms with Gasteiger partial charge in [-0.2, -0.15) is 0 Å². The molecule has 0 amide bonds. The number of halogens is 2. The van der Waals surface area contributed by atoms with E-state index in [4.69, 9.17) is 11.6 Å². The van der Waals surface area contributed by atoms with Gasteiger partial charge >= 0.3 is 0 Å². The Hall–Kier alpha value is -0.580. The van der Waals surface area contributed by atoms with Crippen molar-refractivity contribution in [3.63, 3.8) is 0 Å². The van der Waals surface area contributed by atoms with E-state index in [-0.39, 0.29) is 6.04 Å². The third kappa shape index (κ3) is 3.50. The quantitative estimate of drug-likeness (QED) is 0.743. The van der Waals surface area contributed by atoms with Crippen LogP contribution in [0.5, 0.6) is 0 Å². The molecule has 0 fully saturated rings. The number of nitrogens with one attached hydrogen (secondary N) is 1. The van der Waals surface area contributed by atoms with Crippen LogP contribution in [0.3, 0.4) is 0 Å². The average molecular weight is 386 g/mol. The SMILES string of the molecule is CNC(c1cc(C)cc(C)c1)c1cc(Cl)ccc1I. The van der Waals surface area contributed by atoms with Gasteiger partial charge in [-0.05, 0) is 72.8 Å². The van der Waals surface area contributed by atoms with Crippen molar-refractivity contribution in [1.82, 2.24) is 5.32 Å². The first-order valence-corrected chi connectivity index (χ1v) is 7.67. The summed E-state index contributed by atoms with van der Waals surface area (Å²) in [7, 11) is 1.99. The van der Waals surface area contributed by atoms with Crippen LogP contribution in [0, 0.1) is 17.4 Å². The Labute approximate surface area is 133 Å². The lowest BCUT2D eigenvalue weighted by atomic mass is 9.96. The van der Waals surface area contributed by atoms with Crippen LogP contribution >= 0.6 is 34.2 Å². The summed E-state index contributed by atoms with van der Waals surface area (Å²) >= 11 is 8.50. The van der Waals surface area contributed by atoms with Gasteiger partial charge in [-0.3, -0.25) is 0 Å². The van der Waals surface area contributed by atoms with Crippen LogP contribution in [0.15, 0.2) is 36.4 Å². The molecule has 2 aromatic carbocycles. The van der Waals surface area contributed by atoms with Crippen molar-refractivity contribution in [1.29, 1.82) is 0 Å². The normalized spacial score (nSPS) is 12.5. The summed E-state index contributed by atoms with van der Waals surface area (Å²) in [6, 6.07) is 12.9. The maximum absolute atomic E-state index is 6.14. The summed E-state index contributed by atoms with van der Waals surface area (Å²) in [5.41, 5.74) is 5.07. The lowest BCUT2D eigenvalue weighted by molar-refractivity contribution is 0.687. The predicted octanol–water partition coefficient (Wildman–Crippen LogP) is 4.87. The first kappa shape index (κ1) is 14.8. The number of rotatable bonds is 3. The minimum Gasteiger partial charge on any atom is -0.309 e. The van der Waals surface area contributed by atoms with E-state index in [1.54, 1.807) is 0 Å². The maximum atomic E-state index is 6.14.